The fourth-order valence-electron chi connectivity index (χ4n) is 0.746. The van der Waals surface area contributed by atoms with Gasteiger partial charge in [0.05, 0.1) is 13.2 Å². The van der Waals surface area contributed by atoms with Crippen molar-refractivity contribution in [2.24, 2.45) is 16.8 Å². The Bertz CT molecular complexity index is 176. The van der Waals surface area contributed by atoms with Gasteiger partial charge in [0.25, 0.3) is 0 Å². The molecule has 0 aliphatic heterocycles. The number of hydrogen-bond acceptors (Lipinski definition) is 4. The minimum atomic E-state index is -0.776. The van der Waals surface area contributed by atoms with E-state index in [1.165, 1.54) is 6.08 Å². The SMILES string of the molecule is CC(C)C(C)C(O)OCCN=C=O. The van der Waals surface area contributed by atoms with Crippen molar-refractivity contribution in [2.45, 2.75) is 27.1 Å². The monoisotopic (exact) mass is 187 g/mol. The van der Waals surface area contributed by atoms with E-state index < -0.39 is 6.29 Å². The standard InChI is InChI=1S/C9H17NO3/c1-7(2)8(3)9(12)13-5-4-10-6-11/h7-9,12H,4-5H2,1-3H3. The molecule has 76 valence electrons. The van der Waals surface area contributed by atoms with Crippen LogP contribution >= 0.6 is 0 Å². The molecule has 0 amide bonds. The molecule has 0 bridgehead atoms. The second-order valence-corrected chi connectivity index (χ2v) is 3.34. The summed E-state index contributed by atoms with van der Waals surface area (Å²) in [6, 6.07) is 0. The van der Waals surface area contributed by atoms with Crippen molar-refractivity contribution in [3.05, 3.63) is 0 Å². The molecule has 0 aromatic rings. The van der Waals surface area contributed by atoms with Crippen LogP contribution in [-0.4, -0.2) is 30.6 Å². The Labute approximate surface area is 78.6 Å². The van der Waals surface area contributed by atoms with Gasteiger partial charge in [0.15, 0.2) is 6.29 Å². The number of aliphatic hydroxyl groups is 1. The molecule has 0 saturated carbocycles. The number of aliphatic imine (C=N–C) groups is 1. The van der Waals surface area contributed by atoms with Crippen LogP contribution in [-0.2, 0) is 9.53 Å². The Hall–Kier alpha value is -0.700. The number of rotatable bonds is 6. The van der Waals surface area contributed by atoms with E-state index in [4.69, 9.17) is 4.74 Å². The van der Waals surface area contributed by atoms with Gasteiger partial charge in [0, 0.05) is 5.92 Å². The number of carbonyl (C=O) groups excluding carboxylic acids is 1. The average Bonchev–Trinajstić information content (AvgIpc) is 2.10. The van der Waals surface area contributed by atoms with E-state index in [0.717, 1.165) is 0 Å². The summed E-state index contributed by atoms with van der Waals surface area (Å²) in [6.45, 7) is 6.46. The van der Waals surface area contributed by atoms with Gasteiger partial charge in [0.2, 0.25) is 6.08 Å². The van der Waals surface area contributed by atoms with E-state index in [2.05, 4.69) is 4.99 Å². The van der Waals surface area contributed by atoms with Crippen molar-refractivity contribution in [1.29, 1.82) is 0 Å². The maximum absolute atomic E-state index is 9.68. The van der Waals surface area contributed by atoms with Crippen molar-refractivity contribution in [3.8, 4) is 0 Å². The molecular formula is C9H17NO3. The van der Waals surface area contributed by atoms with E-state index in [0.29, 0.717) is 5.92 Å². The summed E-state index contributed by atoms with van der Waals surface area (Å²) in [5, 5.41) is 9.43. The summed E-state index contributed by atoms with van der Waals surface area (Å²) in [5.41, 5.74) is 0. The first kappa shape index (κ1) is 12.3. The number of aliphatic hydroxyl groups excluding tert-OH is 1. The minimum Gasteiger partial charge on any atom is -0.368 e. The van der Waals surface area contributed by atoms with Crippen LogP contribution < -0.4 is 0 Å². The Morgan fingerprint density at radius 3 is 2.54 bits per heavy atom. The zero-order valence-corrected chi connectivity index (χ0v) is 8.36. The third kappa shape index (κ3) is 5.53. The normalized spacial score (nSPS) is 15.2. The van der Waals surface area contributed by atoms with E-state index >= 15 is 0 Å². The van der Waals surface area contributed by atoms with Crippen LogP contribution in [0.4, 0.5) is 0 Å². The summed E-state index contributed by atoms with van der Waals surface area (Å²) in [7, 11) is 0. The van der Waals surface area contributed by atoms with Gasteiger partial charge in [-0.25, -0.2) is 9.79 Å². The molecule has 0 aliphatic rings. The van der Waals surface area contributed by atoms with Crippen LogP contribution in [0.2, 0.25) is 0 Å². The second-order valence-electron chi connectivity index (χ2n) is 3.34. The molecule has 0 fully saturated rings. The minimum absolute atomic E-state index is 0.0835. The topological polar surface area (TPSA) is 58.9 Å². The lowest BCUT2D eigenvalue weighted by atomic mass is 9.98. The third-order valence-corrected chi connectivity index (χ3v) is 2.06. The maximum atomic E-state index is 9.68. The highest BCUT2D eigenvalue weighted by atomic mass is 16.6. The lowest BCUT2D eigenvalue weighted by molar-refractivity contribution is -0.136. The largest absolute Gasteiger partial charge is 0.368 e. The van der Waals surface area contributed by atoms with Crippen LogP contribution in [0.15, 0.2) is 4.99 Å². The smallest absolute Gasteiger partial charge is 0.235 e. The van der Waals surface area contributed by atoms with Crippen molar-refractivity contribution in [1.82, 2.24) is 0 Å². The lowest BCUT2D eigenvalue weighted by Gasteiger charge is -2.21. The second kappa shape index (κ2) is 6.78. The quantitative estimate of drug-likeness (QED) is 0.291. The summed E-state index contributed by atoms with van der Waals surface area (Å²) < 4.78 is 5.05. The molecule has 2 atom stereocenters. The molecule has 0 spiro atoms. The van der Waals surface area contributed by atoms with Gasteiger partial charge in [0.1, 0.15) is 0 Å². The van der Waals surface area contributed by atoms with Crippen molar-refractivity contribution >= 4 is 6.08 Å². The molecule has 4 nitrogen and oxygen atoms in total. The molecule has 0 aromatic heterocycles. The third-order valence-electron chi connectivity index (χ3n) is 2.06. The van der Waals surface area contributed by atoms with Gasteiger partial charge in [-0.05, 0) is 5.92 Å². The summed E-state index contributed by atoms with van der Waals surface area (Å²) in [6.07, 6.45) is 0.631. The first-order valence-corrected chi connectivity index (χ1v) is 4.43. The molecule has 2 unspecified atom stereocenters. The van der Waals surface area contributed by atoms with Gasteiger partial charge in [-0.1, -0.05) is 20.8 Å². The summed E-state index contributed by atoms with van der Waals surface area (Å²) >= 11 is 0. The van der Waals surface area contributed by atoms with Crippen molar-refractivity contribution < 1.29 is 14.6 Å². The first-order valence-electron chi connectivity index (χ1n) is 4.43. The van der Waals surface area contributed by atoms with E-state index in [1.54, 1.807) is 0 Å². The Morgan fingerprint density at radius 2 is 2.08 bits per heavy atom. The molecule has 0 radical (unpaired) electrons. The van der Waals surface area contributed by atoms with Gasteiger partial charge in [-0.15, -0.1) is 0 Å². The highest BCUT2D eigenvalue weighted by Crippen LogP contribution is 2.14. The van der Waals surface area contributed by atoms with Gasteiger partial charge < -0.3 is 9.84 Å². The van der Waals surface area contributed by atoms with Gasteiger partial charge in [-0.2, -0.15) is 0 Å². The van der Waals surface area contributed by atoms with Gasteiger partial charge >= 0.3 is 0 Å². The molecule has 0 rings (SSSR count). The zero-order chi connectivity index (χ0) is 10.3. The molecule has 1 N–H and O–H groups in total. The molecule has 0 aliphatic carbocycles. The number of hydrogen-bond donors (Lipinski definition) is 1. The summed E-state index contributed by atoms with van der Waals surface area (Å²) in [4.78, 5) is 13.0. The maximum Gasteiger partial charge on any atom is 0.235 e. The van der Waals surface area contributed by atoms with Gasteiger partial charge in [-0.3, -0.25) is 0 Å². The highest BCUT2D eigenvalue weighted by molar-refractivity contribution is 5.32. The Kier molecular flexibility index (Phi) is 6.41. The Balaban J connectivity index is 3.61. The fraction of sp³-hybridized carbons (Fsp3) is 0.889. The lowest BCUT2D eigenvalue weighted by Crippen LogP contribution is -2.26. The van der Waals surface area contributed by atoms with Crippen LogP contribution in [0, 0.1) is 11.8 Å². The van der Waals surface area contributed by atoms with Crippen LogP contribution in [0.25, 0.3) is 0 Å². The Morgan fingerprint density at radius 1 is 1.46 bits per heavy atom. The van der Waals surface area contributed by atoms with Crippen molar-refractivity contribution in [2.75, 3.05) is 13.2 Å². The fourth-order valence-corrected chi connectivity index (χ4v) is 0.746. The molecule has 13 heavy (non-hydrogen) atoms. The van der Waals surface area contributed by atoms with E-state index in [9.17, 15) is 9.90 Å². The molecule has 0 heterocycles. The zero-order valence-electron chi connectivity index (χ0n) is 8.36. The van der Waals surface area contributed by atoms with E-state index in [-0.39, 0.29) is 19.1 Å². The average molecular weight is 187 g/mol. The molecule has 0 aromatic carbocycles. The summed E-state index contributed by atoms with van der Waals surface area (Å²) in [5.74, 6) is 0.449. The number of isocyanates is 1. The molecular weight excluding hydrogens is 170 g/mol. The van der Waals surface area contributed by atoms with Crippen molar-refractivity contribution in [3.63, 3.8) is 0 Å². The molecule has 0 saturated heterocycles. The predicted molar refractivity (Wildman–Crippen MR) is 48.9 cm³/mol. The number of ether oxygens (including phenoxy) is 1. The highest BCUT2D eigenvalue weighted by Gasteiger charge is 2.17. The molecule has 4 heteroatoms. The van der Waals surface area contributed by atoms with Crippen LogP contribution in [0.3, 0.4) is 0 Å². The van der Waals surface area contributed by atoms with Crippen LogP contribution in [0.5, 0.6) is 0 Å². The predicted octanol–water partition coefficient (Wildman–Crippen LogP) is 0.949. The van der Waals surface area contributed by atoms with Crippen LogP contribution in [0.1, 0.15) is 20.8 Å². The number of nitrogens with zero attached hydrogens (tertiary/aromatic N) is 1. The first-order chi connectivity index (χ1) is 6.09. The van der Waals surface area contributed by atoms with E-state index in [1.807, 2.05) is 20.8 Å².